The molecule has 1 amide bonds. The molecule has 0 aliphatic heterocycles. The summed E-state index contributed by atoms with van der Waals surface area (Å²) in [6.07, 6.45) is 0. The zero-order valence-electron chi connectivity index (χ0n) is 18.7. The molecule has 0 aliphatic rings. The lowest BCUT2D eigenvalue weighted by Gasteiger charge is -2.13. The number of nitrogens with one attached hydrogen (secondary N) is 1. The number of para-hydroxylation sites is 2. The minimum Gasteiger partial charge on any atom is -0.478 e. The van der Waals surface area contributed by atoms with Crippen molar-refractivity contribution in [1.82, 2.24) is 0 Å². The lowest BCUT2D eigenvalue weighted by Crippen LogP contribution is -2.13. The fourth-order valence-corrected chi connectivity index (χ4v) is 3.49. The number of carbonyl (C=O) groups is 4. The molecule has 4 aromatic rings. The van der Waals surface area contributed by atoms with Gasteiger partial charge in [0.25, 0.3) is 5.91 Å². The first kappa shape index (κ1) is 23.9. The maximum Gasteiger partial charge on any atom is 0.336 e. The van der Waals surface area contributed by atoms with Crippen molar-refractivity contribution in [3.05, 3.63) is 125 Å². The highest BCUT2D eigenvalue weighted by Gasteiger charge is 2.18. The van der Waals surface area contributed by atoms with Crippen molar-refractivity contribution in [2.45, 2.75) is 0 Å². The quantitative estimate of drug-likeness (QED) is 0.289. The Bertz CT molecular complexity index is 1480. The van der Waals surface area contributed by atoms with Crippen LogP contribution >= 0.6 is 0 Å². The SMILES string of the molecule is O=C(Nc1ccccc1Oc1ccc(C(=O)O)c(C(=O)O)c1)c1cccc(C(=O)c2ccccc2)c1. The van der Waals surface area contributed by atoms with Gasteiger partial charge in [0, 0.05) is 16.7 Å². The lowest BCUT2D eigenvalue weighted by atomic mass is 10.0. The van der Waals surface area contributed by atoms with Crippen LogP contribution in [-0.4, -0.2) is 33.8 Å². The summed E-state index contributed by atoms with van der Waals surface area (Å²) in [5.74, 6) is -3.20. The van der Waals surface area contributed by atoms with E-state index < -0.39 is 23.4 Å². The molecule has 0 saturated heterocycles. The van der Waals surface area contributed by atoms with Gasteiger partial charge in [-0.1, -0.05) is 54.6 Å². The summed E-state index contributed by atoms with van der Waals surface area (Å²) >= 11 is 0. The molecular formula is C28H19NO7. The first-order valence-electron chi connectivity index (χ1n) is 10.7. The van der Waals surface area contributed by atoms with Crippen LogP contribution in [0.25, 0.3) is 0 Å². The number of ketones is 1. The largest absolute Gasteiger partial charge is 0.478 e. The van der Waals surface area contributed by atoms with Crippen molar-refractivity contribution < 1.29 is 34.1 Å². The normalized spacial score (nSPS) is 10.3. The fraction of sp³-hybridized carbons (Fsp3) is 0. The van der Waals surface area contributed by atoms with Crippen LogP contribution in [0.3, 0.4) is 0 Å². The van der Waals surface area contributed by atoms with E-state index in [1.165, 1.54) is 12.1 Å². The van der Waals surface area contributed by atoms with Crippen LogP contribution in [0.4, 0.5) is 5.69 Å². The van der Waals surface area contributed by atoms with Crippen molar-refractivity contribution in [1.29, 1.82) is 0 Å². The summed E-state index contributed by atoms with van der Waals surface area (Å²) in [7, 11) is 0. The van der Waals surface area contributed by atoms with Crippen LogP contribution in [0.1, 0.15) is 47.0 Å². The topological polar surface area (TPSA) is 130 Å². The van der Waals surface area contributed by atoms with E-state index in [0.29, 0.717) is 16.8 Å². The van der Waals surface area contributed by atoms with Crippen LogP contribution in [0.15, 0.2) is 97.1 Å². The number of anilines is 1. The van der Waals surface area contributed by atoms with E-state index in [0.717, 1.165) is 12.1 Å². The molecular weight excluding hydrogens is 462 g/mol. The summed E-state index contributed by atoms with van der Waals surface area (Å²) in [4.78, 5) is 48.5. The Labute approximate surface area is 205 Å². The average molecular weight is 481 g/mol. The van der Waals surface area contributed by atoms with Gasteiger partial charge in [-0.15, -0.1) is 0 Å². The molecule has 0 spiro atoms. The maximum atomic E-state index is 13.0. The highest BCUT2D eigenvalue weighted by Crippen LogP contribution is 2.31. The smallest absolute Gasteiger partial charge is 0.336 e. The predicted molar refractivity (Wildman–Crippen MR) is 131 cm³/mol. The number of hydrogen-bond donors (Lipinski definition) is 3. The molecule has 4 aromatic carbocycles. The number of ether oxygens (including phenoxy) is 1. The van der Waals surface area contributed by atoms with E-state index in [1.54, 1.807) is 66.7 Å². The van der Waals surface area contributed by atoms with Gasteiger partial charge in [-0.3, -0.25) is 9.59 Å². The molecule has 0 saturated carbocycles. The Morgan fingerprint density at radius 2 is 1.25 bits per heavy atom. The van der Waals surface area contributed by atoms with E-state index in [-0.39, 0.29) is 28.4 Å². The summed E-state index contributed by atoms with van der Waals surface area (Å²) in [6, 6.07) is 25.1. The molecule has 0 bridgehead atoms. The van der Waals surface area contributed by atoms with Gasteiger partial charge in [-0.25, -0.2) is 9.59 Å². The summed E-state index contributed by atoms with van der Waals surface area (Å²) in [5.41, 5.74) is 0.608. The number of rotatable bonds is 8. The highest BCUT2D eigenvalue weighted by molar-refractivity contribution is 6.11. The van der Waals surface area contributed by atoms with E-state index >= 15 is 0 Å². The molecule has 4 rings (SSSR count). The molecule has 0 aromatic heterocycles. The molecule has 178 valence electrons. The van der Waals surface area contributed by atoms with E-state index in [9.17, 15) is 29.4 Å². The summed E-state index contributed by atoms with van der Waals surface area (Å²) in [6.45, 7) is 0. The van der Waals surface area contributed by atoms with Gasteiger partial charge in [0.15, 0.2) is 11.5 Å². The Balaban J connectivity index is 1.57. The van der Waals surface area contributed by atoms with Gasteiger partial charge in [-0.05, 0) is 42.5 Å². The zero-order chi connectivity index (χ0) is 25.7. The third-order valence-corrected chi connectivity index (χ3v) is 5.24. The van der Waals surface area contributed by atoms with Gasteiger partial charge in [0.1, 0.15) is 5.75 Å². The Morgan fingerprint density at radius 1 is 0.611 bits per heavy atom. The van der Waals surface area contributed by atoms with Crippen molar-refractivity contribution in [3.63, 3.8) is 0 Å². The van der Waals surface area contributed by atoms with Crippen LogP contribution in [0.2, 0.25) is 0 Å². The van der Waals surface area contributed by atoms with E-state index in [2.05, 4.69) is 5.32 Å². The number of benzene rings is 4. The monoisotopic (exact) mass is 481 g/mol. The zero-order valence-corrected chi connectivity index (χ0v) is 18.7. The minimum absolute atomic E-state index is 0.0783. The number of carbonyl (C=O) groups excluding carboxylic acids is 2. The second-order valence-electron chi connectivity index (χ2n) is 7.65. The molecule has 36 heavy (non-hydrogen) atoms. The fourth-order valence-electron chi connectivity index (χ4n) is 3.49. The van der Waals surface area contributed by atoms with Gasteiger partial charge >= 0.3 is 11.9 Å². The molecule has 3 N–H and O–H groups in total. The van der Waals surface area contributed by atoms with E-state index in [4.69, 9.17) is 4.74 Å². The van der Waals surface area contributed by atoms with Gasteiger partial charge in [-0.2, -0.15) is 0 Å². The van der Waals surface area contributed by atoms with Gasteiger partial charge < -0.3 is 20.3 Å². The molecule has 0 aliphatic carbocycles. The van der Waals surface area contributed by atoms with Gasteiger partial charge in [0.05, 0.1) is 16.8 Å². The standard InChI is InChI=1S/C28H19NO7/c30-25(17-7-2-1-3-8-17)18-9-6-10-19(15-18)26(31)29-23-11-4-5-12-24(23)36-20-13-14-21(27(32)33)22(16-20)28(34)35/h1-16H,(H,29,31)(H,32,33)(H,34,35). The maximum absolute atomic E-state index is 13.0. The molecule has 0 fully saturated rings. The molecule has 0 unspecified atom stereocenters. The number of carboxylic acids is 2. The summed E-state index contributed by atoms with van der Waals surface area (Å²) in [5, 5.41) is 21.3. The minimum atomic E-state index is -1.41. The van der Waals surface area contributed by atoms with Crippen molar-refractivity contribution in [2.24, 2.45) is 0 Å². The molecule has 0 atom stereocenters. The lowest BCUT2D eigenvalue weighted by molar-refractivity contribution is 0.0651. The van der Waals surface area contributed by atoms with Crippen LogP contribution in [-0.2, 0) is 0 Å². The Morgan fingerprint density at radius 3 is 1.97 bits per heavy atom. The predicted octanol–water partition coefficient (Wildman–Crippen LogP) is 5.36. The number of carboxylic acid groups (broad SMARTS) is 2. The molecule has 0 heterocycles. The van der Waals surface area contributed by atoms with E-state index in [1.807, 2.05) is 6.07 Å². The van der Waals surface area contributed by atoms with Crippen LogP contribution in [0, 0.1) is 0 Å². The molecule has 8 heteroatoms. The first-order chi connectivity index (χ1) is 17.3. The average Bonchev–Trinajstić information content (AvgIpc) is 2.89. The molecule has 8 nitrogen and oxygen atoms in total. The summed E-state index contributed by atoms with van der Waals surface area (Å²) < 4.78 is 5.77. The molecule has 0 radical (unpaired) electrons. The number of hydrogen-bond acceptors (Lipinski definition) is 5. The first-order valence-corrected chi connectivity index (χ1v) is 10.7. The van der Waals surface area contributed by atoms with Crippen LogP contribution < -0.4 is 10.1 Å². The number of amides is 1. The van der Waals surface area contributed by atoms with Crippen molar-refractivity contribution >= 4 is 29.3 Å². The Hall–Kier alpha value is -5.24. The Kier molecular flexibility index (Phi) is 6.87. The van der Waals surface area contributed by atoms with Crippen molar-refractivity contribution in [2.75, 3.05) is 5.32 Å². The van der Waals surface area contributed by atoms with Crippen molar-refractivity contribution in [3.8, 4) is 11.5 Å². The highest BCUT2D eigenvalue weighted by atomic mass is 16.5. The third kappa shape index (κ3) is 5.28. The second-order valence-corrected chi connectivity index (χ2v) is 7.65. The number of aromatic carboxylic acids is 2. The second kappa shape index (κ2) is 10.4. The van der Waals surface area contributed by atoms with Crippen LogP contribution in [0.5, 0.6) is 11.5 Å². The third-order valence-electron chi connectivity index (χ3n) is 5.24. The van der Waals surface area contributed by atoms with Gasteiger partial charge in [0.2, 0.25) is 0 Å².